The average Bonchev–Trinajstić information content (AvgIpc) is 3.20. The van der Waals surface area contributed by atoms with Crippen molar-refractivity contribution in [3.8, 4) is 5.75 Å². The standard InChI is InChI=1S/C32H39ClN4O3/c1-32(2)29(38)18-23-8-5-7-21(30(23)32)10-12-26-25(33)19-34-31(35-26)36-27-13-11-22(17-28(27)40-4)24-9-6-14-37(20-24)15-16-39-3/h5,7-8,11,13,17,19,24H,6,9-10,12,14-16,18,20H2,1-4H3,(H,34,35,36). The molecule has 1 aliphatic heterocycles. The topological polar surface area (TPSA) is 76.6 Å². The van der Waals surface area contributed by atoms with Crippen molar-refractivity contribution >= 4 is 29.0 Å². The number of methoxy groups -OCH3 is 2. The molecule has 0 bridgehead atoms. The maximum atomic E-state index is 12.6. The van der Waals surface area contributed by atoms with E-state index < -0.39 is 5.41 Å². The van der Waals surface area contributed by atoms with Crippen LogP contribution >= 0.6 is 11.6 Å². The van der Waals surface area contributed by atoms with E-state index in [-0.39, 0.29) is 5.78 Å². The largest absolute Gasteiger partial charge is 0.495 e. The van der Waals surface area contributed by atoms with Crippen molar-refractivity contribution in [3.05, 3.63) is 75.6 Å². The third kappa shape index (κ3) is 6.02. The van der Waals surface area contributed by atoms with Crippen molar-refractivity contribution in [1.29, 1.82) is 0 Å². The van der Waals surface area contributed by atoms with E-state index in [0.717, 1.165) is 60.9 Å². The molecule has 2 aliphatic rings. The molecular formula is C32H39ClN4O3. The van der Waals surface area contributed by atoms with Crippen molar-refractivity contribution in [2.45, 2.75) is 57.3 Å². The lowest BCUT2D eigenvalue weighted by atomic mass is 9.82. The van der Waals surface area contributed by atoms with Crippen LogP contribution in [0.4, 0.5) is 11.6 Å². The second-order valence-electron chi connectivity index (χ2n) is 11.4. The van der Waals surface area contributed by atoms with Gasteiger partial charge in [-0.2, -0.15) is 0 Å². The summed E-state index contributed by atoms with van der Waals surface area (Å²) < 4.78 is 11.0. The van der Waals surface area contributed by atoms with Gasteiger partial charge in [0.2, 0.25) is 5.95 Å². The molecule has 2 heterocycles. The van der Waals surface area contributed by atoms with Gasteiger partial charge in [0, 0.05) is 32.0 Å². The highest BCUT2D eigenvalue weighted by Crippen LogP contribution is 2.39. The molecule has 1 aliphatic carbocycles. The van der Waals surface area contributed by atoms with E-state index >= 15 is 0 Å². The summed E-state index contributed by atoms with van der Waals surface area (Å²) in [5.74, 6) is 1.97. The first-order chi connectivity index (χ1) is 19.3. The summed E-state index contributed by atoms with van der Waals surface area (Å²) in [5.41, 5.74) is 5.87. The fourth-order valence-electron chi connectivity index (χ4n) is 6.17. The van der Waals surface area contributed by atoms with Gasteiger partial charge in [-0.25, -0.2) is 9.97 Å². The number of aromatic nitrogens is 2. The number of likely N-dealkylation sites (tertiary alicyclic amines) is 1. The lowest BCUT2D eigenvalue weighted by Crippen LogP contribution is -2.36. The summed E-state index contributed by atoms with van der Waals surface area (Å²) in [4.78, 5) is 24.3. The summed E-state index contributed by atoms with van der Waals surface area (Å²) in [6, 6.07) is 12.6. The van der Waals surface area contributed by atoms with Crippen molar-refractivity contribution in [1.82, 2.24) is 14.9 Å². The molecule has 1 fully saturated rings. The van der Waals surface area contributed by atoms with Crippen LogP contribution in [0.1, 0.15) is 60.6 Å². The van der Waals surface area contributed by atoms with Gasteiger partial charge >= 0.3 is 0 Å². The Morgan fingerprint density at radius 2 is 2.02 bits per heavy atom. The molecule has 5 rings (SSSR count). The Kier molecular flexibility index (Phi) is 8.74. The fraction of sp³-hybridized carbons (Fsp3) is 0.469. The number of hydrogen-bond acceptors (Lipinski definition) is 7. The van der Waals surface area contributed by atoms with Crippen LogP contribution in [-0.4, -0.2) is 61.1 Å². The number of ether oxygens (including phenoxy) is 2. The maximum absolute atomic E-state index is 12.6. The van der Waals surface area contributed by atoms with Gasteiger partial charge in [0.05, 0.1) is 36.3 Å². The zero-order chi connectivity index (χ0) is 28.3. The van der Waals surface area contributed by atoms with Gasteiger partial charge in [-0.15, -0.1) is 0 Å². The Morgan fingerprint density at radius 1 is 1.18 bits per heavy atom. The number of ketones is 1. The quantitative estimate of drug-likeness (QED) is 0.330. The third-order valence-electron chi connectivity index (χ3n) is 8.42. The van der Waals surface area contributed by atoms with Crippen molar-refractivity contribution in [2.75, 3.05) is 45.8 Å². The first-order valence-corrected chi connectivity index (χ1v) is 14.5. The summed E-state index contributed by atoms with van der Waals surface area (Å²) >= 11 is 6.53. The van der Waals surface area contributed by atoms with Crippen LogP contribution in [0.3, 0.4) is 0 Å². The van der Waals surface area contributed by atoms with Crippen LogP contribution in [-0.2, 0) is 34.2 Å². The van der Waals surface area contributed by atoms with E-state index in [1.165, 1.54) is 24.0 Å². The van der Waals surface area contributed by atoms with Gasteiger partial charge in [0.1, 0.15) is 11.5 Å². The van der Waals surface area contributed by atoms with Crippen LogP contribution in [0.2, 0.25) is 5.02 Å². The van der Waals surface area contributed by atoms with Gasteiger partial charge in [-0.05, 0) is 86.4 Å². The number of nitrogens with zero attached hydrogens (tertiary/aromatic N) is 3. The minimum atomic E-state index is -0.462. The lowest BCUT2D eigenvalue weighted by Gasteiger charge is -2.33. The molecule has 0 spiro atoms. The van der Waals surface area contributed by atoms with Crippen molar-refractivity contribution in [3.63, 3.8) is 0 Å². The van der Waals surface area contributed by atoms with Gasteiger partial charge < -0.3 is 19.7 Å². The van der Waals surface area contributed by atoms with Crippen molar-refractivity contribution < 1.29 is 14.3 Å². The number of piperidine rings is 1. The summed E-state index contributed by atoms with van der Waals surface area (Å²) in [5, 5.41) is 3.87. The minimum Gasteiger partial charge on any atom is -0.495 e. The molecule has 8 heteroatoms. The van der Waals surface area contributed by atoms with Crippen LogP contribution in [0.25, 0.3) is 0 Å². The summed E-state index contributed by atoms with van der Waals surface area (Å²) in [7, 11) is 3.44. The van der Waals surface area contributed by atoms with E-state index in [9.17, 15) is 4.79 Å². The number of Topliss-reactive ketones (excluding diaryl/α,β-unsaturated/α-hetero) is 1. The number of hydrogen-bond donors (Lipinski definition) is 1. The Balaban J connectivity index is 1.30. The van der Waals surface area contributed by atoms with Gasteiger partial charge in [0.15, 0.2) is 0 Å². The second kappa shape index (κ2) is 12.2. The van der Waals surface area contributed by atoms with E-state index in [0.29, 0.717) is 29.7 Å². The predicted molar refractivity (Wildman–Crippen MR) is 159 cm³/mol. The molecule has 1 aromatic heterocycles. The molecule has 3 aromatic rings. The molecule has 1 unspecified atom stereocenters. The molecule has 1 saturated heterocycles. The number of carbonyl (C=O) groups is 1. The third-order valence-corrected chi connectivity index (χ3v) is 8.73. The molecule has 0 amide bonds. The second-order valence-corrected chi connectivity index (χ2v) is 11.8. The van der Waals surface area contributed by atoms with Crippen LogP contribution in [0.15, 0.2) is 42.6 Å². The number of fused-ring (bicyclic) bond motifs is 1. The fourth-order valence-corrected chi connectivity index (χ4v) is 6.36. The molecule has 40 heavy (non-hydrogen) atoms. The van der Waals surface area contributed by atoms with E-state index in [1.54, 1.807) is 20.4 Å². The highest BCUT2D eigenvalue weighted by molar-refractivity contribution is 6.31. The predicted octanol–water partition coefficient (Wildman–Crippen LogP) is 5.90. The molecule has 2 aromatic carbocycles. The molecule has 0 radical (unpaired) electrons. The Morgan fingerprint density at radius 3 is 2.83 bits per heavy atom. The summed E-state index contributed by atoms with van der Waals surface area (Å²) in [6.07, 6.45) is 5.89. The normalized spacial score (nSPS) is 18.5. The Labute approximate surface area is 242 Å². The monoisotopic (exact) mass is 562 g/mol. The number of aryl methyl sites for hydroxylation is 2. The number of nitrogens with one attached hydrogen (secondary N) is 1. The molecule has 1 N–H and O–H groups in total. The van der Waals surface area contributed by atoms with Crippen LogP contribution < -0.4 is 10.1 Å². The van der Waals surface area contributed by atoms with Crippen LogP contribution in [0, 0.1) is 0 Å². The summed E-state index contributed by atoms with van der Waals surface area (Å²) in [6.45, 7) is 7.91. The smallest absolute Gasteiger partial charge is 0.227 e. The number of benzene rings is 2. The zero-order valence-corrected chi connectivity index (χ0v) is 24.7. The molecular weight excluding hydrogens is 524 g/mol. The van der Waals surface area contributed by atoms with E-state index in [2.05, 4.69) is 39.5 Å². The average molecular weight is 563 g/mol. The number of rotatable bonds is 10. The lowest BCUT2D eigenvalue weighted by molar-refractivity contribution is -0.121. The molecule has 1 atom stereocenters. The van der Waals surface area contributed by atoms with Gasteiger partial charge in [-0.3, -0.25) is 4.79 Å². The van der Waals surface area contributed by atoms with Gasteiger partial charge in [0.25, 0.3) is 0 Å². The zero-order valence-electron chi connectivity index (χ0n) is 23.9. The van der Waals surface area contributed by atoms with Gasteiger partial charge in [-0.1, -0.05) is 35.9 Å². The maximum Gasteiger partial charge on any atom is 0.227 e. The van der Waals surface area contributed by atoms with E-state index in [1.807, 2.05) is 26.0 Å². The van der Waals surface area contributed by atoms with Crippen LogP contribution in [0.5, 0.6) is 5.75 Å². The highest BCUT2D eigenvalue weighted by atomic mass is 35.5. The first-order valence-electron chi connectivity index (χ1n) is 14.1. The molecule has 212 valence electrons. The number of carbonyl (C=O) groups excluding carboxylic acids is 1. The Bertz CT molecular complexity index is 1380. The Hall–Kier alpha value is -3.00. The minimum absolute atomic E-state index is 0.272. The molecule has 7 nitrogen and oxygen atoms in total. The molecule has 0 saturated carbocycles. The highest BCUT2D eigenvalue weighted by Gasteiger charge is 2.39. The SMILES string of the molecule is COCCN1CCCC(c2ccc(Nc3ncc(Cl)c(CCc4cccc5c4C(C)(C)C(=O)C5)n3)c(OC)c2)C1. The van der Waals surface area contributed by atoms with Crippen molar-refractivity contribution in [2.24, 2.45) is 0 Å². The number of anilines is 2. The number of halogens is 1. The van der Waals surface area contributed by atoms with E-state index in [4.69, 9.17) is 26.1 Å². The first kappa shape index (κ1) is 28.5.